The molecule has 1 N–H and O–H groups in total. The summed E-state index contributed by atoms with van der Waals surface area (Å²) in [6, 6.07) is 3.92. The van der Waals surface area contributed by atoms with Crippen molar-refractivity contribution < 1.29 is 14.3 Å². The maximum atomic E-state index is 11.4. The minimum Gasteiger partial charge on any atom is -0.493 e. The van der Waals surface area contributed by atoms with E-state index in [9.17, 15) is 4.79 Å². The second-order valence-electron chi connectivity index (χ2n) is 4.65. The monoisotopic (exact) mass is 289 g/mol. The Kier molecular flexibility index (Phi) is 4.47. The van der Waals surface area contributed by atoms with E-state index in [4.69, 9.17) is 9.47 Å². The van der Waals surface area contributed by atoms with Gasteiger partial charge in [0, 0.05) is 24.4 Å². The summed E-state index contributed by atoms with van der Waals surface area (Å²) in [6.45, 7) is 2.17. The fourth-order valence-corrected chi connectivity index (χ4v) is 2.13. The molecule has 0 unspecified atom stereocenters. The van der Waals surface area contributed by atoms with Crippen molar-refractivity contribution in [1.29, 1.82) is 0 Å². The molecule has 0 saturated heterocycles. The summed E-state index contributed by atoms with van der Waals surface area (Å²) in [5, 5.41) is 6.77. The van der Waals surface area contributed by atoms with Crippen LogP contribution in [0.1, 0.15) is 5.56 Å². The van der Waals surface area contributed by atoms with Gasteiger partial charge < -0.3 is 14.8 Å². The zero-order chi connectivity index (χ0) is 15.4. The summed E-state index contributed by atoms with van der Waals surface area (Å²) >= 11 is 0. The SMILES string of the molecule is CNC(=O)Cn1cc(-c2cc(C)cc(OC)c2OC)cn1. The highest BCUT2D eigenvalue weighted by atomic mass is 16.5. The summed E-state index contributed by atoms with van der Waals surface area (Å²) in [6.07, 6.45) is 3.52. The van der Waals surface area contributed by atoms with Crippen LogP contribution in [-0.2, 0) is 11.3 Å². The largest absolute Gasteiger partial charge is 0.493 e. The number of benzene rings is 1. The van der Waals surface area contributed by atoms with Crippen molar-refractivity contribution in [2.75, 3.05) is 21.3 Å². The first-order chi connectivity index (χ1) is 10.1. The van der Waals surface area contributed by atoms with Gasteiger partial charge in [0.15, 0.2) is 11.5 Å². The highest BCUT2D eigenvalue weighted by Crippen LogP contribution is 2.38. The average molecular weight is 289 g/mol. The number of amides is 1. The van der Waals surface area contributed by atoms with Crippen LogP contribution in [0.3, 0.4) is 0 Å². The number of aromatic nitrogens is 2. The number of nitrogens with zero attached hydrogens (tertiary/aromatic N) is 2. The van der Waals surface area contributed by atoms with Gasteiger partial charge >= 0.3 is 0 Å². The number of rotatable bonds is 5. The average Bonchev–Trinajstić information content (AvgIpc) is 2.94. The Morgan fingerprint density at radius 2 is 2.10 bits per heavy atom. The molecule has 0 bridgehead atoms. The molecule has 1 amide bonds. The van der Waals surface area contributed by atoms with Gasteiger partial charge in [0.2, 0.25) is 5.91 Å². The first-order valence-electron chi connectivity index (χ1n) is 6.55. The lowest BCUT2D eigenvalue weighted by Crippen LogP contribution is -2.23. The van der Waals surface area contributed by atoms with Gasteiger partial charge in [0.05, 0.1) is 20.4 Å². The molecule has 1 heterocycles. The van der Waals surface area contributed by atoms with Crippen molar-refractivity contribution in [2.45, 2.75) is 13.5 Å². The molecule has 0 fully saturated rings. The van der Waals surface area contributed by atoms with Gasteiger partial charge in [0.25, 0.3) is 0 Å². The molecule has 2 aromatic rings. The molecular formula is C15H19N3O3. The molecule has 0 atom stereocenters. The van der Waals surface area contributed by atoms with Gasteiger partial charge in [-0.2, -0.15) is 5.10 Å². The number of likely N-dealkylation sites (N-methyl/N-ethyl adjacent to an activating group) is 1. The zero-order valence-corrected chi connectivity index (χ0v) is 12.6. The Morgan fingerprint density at radius 1 is 1.33 bits per heavy atom. The number of methoxy groups -OCH3 is 2. The normalized spacial score (nSPS) is 10.3. The molecule has 0 aliphatic rings. The van der Waals surface area contributed by atoms with E-state index in [1.807, 2.05) is 25.3 Å². The minimum absolute atomic E-state index is 0.0987. The van der Waals surface area contributed by atoms with Gasteiger partial charge in [-0.05, 0) is 24.6 Å². The van der Waals surface area contributed by atoms with E-state index in [0.29, 0.717) is 11.5 Å². The molecule has 1 aromatic heterocycles. The fraction of sp³-hybridized carbons (Fsp3) is 0.333. The number of carbonyl (C=O) groups is 1. The number of carbonyl (C=O) groups excluding carboxylic acids is 1. The quantitative estimate of drug-likeness (QED) is 0.908. The molecule has 112 valence electrons. The number of hydrogen-bond donors (Lipinski definition) is 1. The molecule has 0 aliphatic carbocycles. The maximum Gasteiger partial charge on any atom is 0.241 e. The van der Waals surface area contributed by atoms with Crippen LogP contribution in [0.4, 0.5) is 0 Å². The molecular weight excluding hydrogens is 270 g/mol. The van der Waals surface area contributed by atoms with Crippen LogP contribution in [-0.4, -0.2) is 37.0 Å². The molecule has 0 spiro atoms. The Hall–Kier alpha value is -2.50. The zero-order valence-electron chi connectivity index (χ0n) is 12.6. The van der Waals surface area contributed by atoms with Crippen molar-refractivity contribution in [3.63, 3.8) is 0 Å². The Bertz CT molecular complexity index is 650. The van der Waals surface area contributed by atoms with Crippen LogP contribution < -0.4 is 14.8 Å². The van der Waals surface area contributed by atoms with E-state index >= 15 is 0 Å². The summed E-state index contributed by atoms with van der Waals surface area (Å²) in [5.41, 5.74) is 2.82. The van der Waals surface area contributed by atoms with Crippen LogP contribution in [0.5, 0.6) is 11.5 Å². The predicted octanol–water partition coefficient (Wildman–Crippen LogP) is 1.62. The van der Waals surface area contributed by atoms with Gasteiger partial charge in [0.1, 0.15) is 6.54 Å². The highest BCUT2D eigenvalue weighted by Gasteiger charge is 2.15. The van der Waals surface area contributed by atoms with Crippen LogP contribution in [0, 0.1) is 6.92 Å². The Labute approximate surface area is 123 Å². The van der Waals surface area contributed by atoms with Crippen LogP contribution in [0.2, 0.25) is 0 Å². The van der Waals surface area contributed by atoms with Crippen molar-refractivity contribution >= 4 is 5.91 Å². The molecule has 6 nitrogen and oxygen atoms in total. The third kappa shape index (κ3) is 3.16. The van der Waals surface area contributed by atoms with E-state index in [1.54, 1.807) is 32.1 Å². The summed E-state index contributed by atoms with van der Waals surface area (Å²) in [4.78, 5) is 11.4. The smallest absolute Gasteiger partial charge is 0.241 e. The second kappa shape index (κ2) is 6.30. The van der Waals surface area contributed by atoms with Crippen molar-refractivity contribution in [3.05, 3.63) is 30.1 Å². The van der Waals surface area contributed by atoms with Crippen molar-refractivity contribution in [3.8, 4) is 22.6 Å². The third-order valence-electron chi connectivity index (χ3n) is 3.15. The first kappa shape index (κ1) is 14.9. The lowest BCUT2D eigenvalue weighted by molar-refractivity contribution is -0.121. The number of hydrogen-bond acceptors (Lipinski definition) is 4. The Morgan fingerprint density at radius 3 is 2.71 bits per heavy atom. The molecule has 2 rings (SSSR count). The van der Waals surface area contributed by atoms with Crippen LogP contribution in [0.15, 0.2) is 24.5 Å². The first-order valence-corrected chi connectivity index (χ1v) is 6.55. The van der Waals surface area contributed by atoms with E-state index in [1.165, 1.54) is 0 Å². The molecule has 0 aliphatic heterocycles. The Balaban J connectivity index is 2.42. The van der Waals surface area contributed by atoms with Crippen molar-refractivity contribution in [2.24, 2.45) is 0 Å². The lowest BCUT2D eigenvalue weighted by atomic mass is 10.0. The van der Waals surface area contributed by atoms with Crippen molar-refractivity contribution in [1.82, 2.24) is 15.1 Å². The number of ether oxygens (including phenoxy) is 2. The van der Waals surface area contributed by atoms with E-state index in [0.717, 1.165) is 16.7 Å². The van der Waals surface area contributed by atoms with Gasteiger partial charge in [-0.3, -0.25) is 9.48 Å². The van der Waals surface area contributed by atoms with Crippen LogP contribution in [0.25, 0.3) is 11.1 Å². The van der Waals surface area contributed by atoms with Gasteiger partial charge in [-0.1, -0.05) is 0 Å². The molecule has 0 radical (unpaired) electrons. The topological polar surface area (TPSA) is 65.4 Å². The molecule has 0 saturated carbocycles. The third-order valence-corrected chi connectivity index (χ3v) is 3.15. The highest BCUT2D eigenvalue weighted by molar-refractivity contribution is 5.76. The fourth-order valence-electron chi connectivity index (χ4n) is 2.13. The van der Waals surface area contributed by atoms with E-state index in [2.05, 4.69) is 10.4 Å². The second-order valence-corrected chi connectivity index (χ2v) is 4.65. The van der Waals surface area contributed by atoms with E-state index < -0.39 is 0 Å². The summed E-state index contributed by atoms with van der Waals surface area (Å²) < 4.78 is 12.4. The number of nitrogens with one attached hydrogen (secondary N) is 1. The van der Waals surface area contributed by atoms with Gasteiger partial charge in [-0.25, -0.2) is 0 Å². The standard InChI is InChI=1S/C15H19N3O3/c1-10-5-12(15(21-4)13(6-10)20-3)11-7-17-18(8-11)9-14(19)16-2/h5-8H,9H2,1-4H3,(H,16,19). The van der Waals surface area contributed by atoms with E-state index in [-0.39, 0.29) is 12.5 Å². The number of aryl methyl sites for hydroxylation is 1. The minimum atomic E-state index is -0.0987. The maximum absolute atomic E-state index is 11.4. The van der Waals surface area contributed by atoms with Crippen LogP contribution >= 0.6 is 0 Å². The summed E-state index contributed by atoms with van der Waals surface area (Å²) in [7, 11) is 4.81. The lowest BCUT2D eigenvalue weighted by Gasteiger charge is -2.13. The molecule has 1 aromatic carbocycles. The predicted molar refractivity (Wildman–Crippen MR) is 79.6 cm³/mol. The van der Waals surface area contributed by atoms with Gasteiger partial charge in [-0.15, -0.1) is 0 Å². The molecule has 6 heteroatoms. The molecule has 21 heavy (non-hydrogen) atoms. The summed E-state index contributed by atoms with van der Waals surface area (Å²) in [5.74, 6) is 1.23.